The second-order valence-corrected chi connectivity index (χ2v) is 2.48. The van der Waals surface area contributed by atoms with Crippen LogP contribution in [0.25, 0.3) is 0 Å². The lowest BCUT2D eigenvalue weighted by atomic mass is 10.3. The summed E-state index contributed by atoms with van der Waals surface area (Å²) in [5, 5.41) is 14.5. The molecule has 62 valence electrons. The molecule has 1 N–H and O–H groups in total. The molecular weight excluding hydrogens is 156 g/mol. The highest BCUT2D eigenvalue weighted by atomic mass is 16.2. The Labute approximate surface area is 69.6 Å². The summed E-state index contributed by atoms with van der Waals surface area (Å²) >= 11 is 0. The van der Waals surface area contributed by atoms with Crippen molar-refractivity contribution in [3.8, 4) is 6.07 Å². The largest absolute Gasteiger partial charge is 0.343 e. The molecule has 0 atom stereocenters. The highest BCUT2D eigenvalue weighted by Crippen LogP contribution is 1.99. The molecule has 1 amide bonds. The van der Waals surface area contributed by atoms with E-state index in [1.54, 1.807) is 14.1 Å². The lowest BCUT2D eigenvalue weighted by molar-refractivity contribution is 0.0822. The normalized spacial score (nSPS) is 9.08. The van der Waals surface area contributed by atoms with Crippen molar-refractivity contribution >= 4 is 5.91 Å². The molecule has 0 aliphatic rings. The molecule has 5 nitrogen and oxygen atoms in total. The Morgan fingerprint density at radius 2 is 2.42 bits per heavy atom. The fourth-order valence-electron chi connectivity index (χ4n) is 0.729. The van der Waals surface area contributed by atoms with Gasteiger partial charge in [0.05, 0.1) is 0 Å². The van der Waals surface area contributed by atoms with Crippen molar-refractivity contribution in [1.82, 2.24) is 15.1 Å². The first-order valence-electron chi connectivity index (χ1n) is 3.32. The van der Waals surface area contributed by atoms with E-state index in [4.69, 9.17) is 5.26 Å². The van der Waals surface area contributed by atoms with Crippen molar-refractivity contribution < 1.29 is 4.79 Å². The number of hydrogen-bond acceptors (Lipinski definition) is 3. The van der Waals surface area contributed by atoms with Gasteiger partial charge in [-0.15, -0.1) is 0 Å². The first-order valence-corrected chi connectivity index (χ1v) is 3.32. The first-order chi connectivity index (χ1) is 5.65. The van der Waals surface area contributed by atoms with Crippen molar-refractivity contribution in [2.24, 2.45) is 0 Å². The zero-order valence-corrected chi connectivity index (χ0v) is 6.83. The summed E-state index contributed by atoms with van der Waals surface area (Å²) in [6.07, 6.45) is 0. The van der Waals surface area contributed by atoms with E-state index in [1.807, 2.05) is 6.07 Å². The van der Waals surface area contributed by atoms with Gasteiger partial charge in [-0.2, -0.15) is 10.4 Å². The SMILES string of the molecule is CN(C)C(=O)c1cc(C#N)n[nH]1. The number of nitriles is 1. The van der Waals surface area contributed by atoms with Crippen LogP contribution in [0, 0.1) is 11.3 Å². The van der Waals surface area contributed by atoms with Crippen LogP contribution in [-0.4, -0.2) is 35.1 Å². The molecule has 0 bridgehead atoms. The lowest BCUT2D eigenvalue weighted by Gasteiger charge is -2.06. The summed E-state index contributed by atoms with van der Waals surface area (Å²) in [4.78, 5) is 12.6. The Balaban J connectivity index is 2.91. The number of H-pyrrole nitrogens is 1. The van der Waals surface area contributed by atoms with Crippen molar-refractivity contribution in [2.75, 3.05) is 14.1 Å². The number of nitrogens with zero attached hydrogens (tertiary/aromatic N) is 3. The van der Waals surface area contributed by atoms with E-state index in [-0.39, 0.29) is 11.6 Å². The number of carbonyl (C=O) groups is 1. The molecule has 0 aliphatic heterocycles. The highest BCUT2D eigenvalue weighted by Gasteiger charge is 2.10. The number of hydrogen-bond donors (Lipinski definition) is 1. The minimum Gasteiger partial charge on any atom is -0.343 e. The van der Waals surface area contributed by atoms with Gasteiger partial charge in [-0.05, 0) is 0 Å². The summed E-state index contributed by atoms with van der Waals surface area (Å²) in [6, 6.07) is 3.25. The van der Waals surface area contributed by atoms with E-state index in [2.05, 4.69) is 10.2 Å². The molecule has 0 saturated carbocycles. The van der Waals surface area contributed by atoms with E-state index >= 15 is 0 Å². The molecule has 0 unspecified atom stereocenters. The topological polar surface area (TPSA) is 72.8 Å². The molecule has 0 aromatic carbocycles. The van der Waals surface area contributed by atoms with E-state index in [0.717, 1.165) is 0 Å². The second-order valence-electron chi connectivity index (χ2n) is 2.48. The number of nitrogens with one attached hydrogen (secondary N) is 1. The van der Waals surface area contributed by atoms with Crippen LogP contribution in [0.15, 0.2) is 6.07 Å². The predicted octanol–water partition coefficient (Wildman–Crippen LogP) is -0.0168. The fourth-order valence-corrected chi connectivity index (χ4v) is 0.729. The molecule has 1 heterocycles. The van der Waals surface area contributed by atoms with Gasteiger partial charge < -0.3 is 4.90 Å². The molecule has 5 heteroatoms. The van der Waals surface area contributed by atoms with Crippen LogP contribution in [0.5, 0.6) is 0 Å². The summed E-state index contributed by atoms with van der Waals surface area (Å²) in [6.45, 7) is 0. The highest BCUT2D eigenvalue weighted by molar-refractivity contribution is 5.92. The van der Waals surface area contributed by atoms with Crippen LogP contribution < -0.4 is 0 Å². The summed E-state index contributed by atoms with van der Waals surface area (Å²) in [5.41, 5.74) is 0.553. The van der Waals surface area contributed by atoms with Crippen LogP contribution in [0.4, 0.5) is 0 Å². The summed E-state index contributed by atoms with van der Waals surface area (Å²) in [7, 11) is 3.27. The number of carbonyl (C=O) groups excluding carboxylic acids is 1. The van der Waals surface area contributed by atoms with Gasteiger partial charge in [0.1, 0.15) is 11.8 Å². The third kappa shape index (κ3) is 1.42. The van der Waals surface area contributed by atoms with Gasteiger partial charge in [-0.3, -0.25) is 9.89 Å². The molecule has 0 aliphatic carbocycles. The van der Waals surface area contributed by atoms with Gasteiger partial charge >= 0.3 is 0 Å². The smallest absolute Gasteiger partial charge is 0.271 e. The van der Waals surface area contributed by atoms with Gasteiger partial charge in [0.15, 0.2) is 5.69 Å². The van der Waals surface area contributed by atoms with Crippen molar-refractivity contribution in [3.63, 3.8) is 0 Å². The van der Waals surface area contributed by atoms with Crippen LogP contribution >= 0.6 is 0 Å². The molecule has 12 heavy (non-hydrogen) atoms. The molecule has 1 aromatic rings. The minimum atomic E-state index is -0.191. The Bertz CT molecular complexity index is 333. The number of rotatable bonds is 1. The molecule has 0 saturated heterocycles. The van der Waals surface area contributed by atoms with Gasteiger partial charge in [-0.25, -0.2) is 0 Å². The van der Waals surface area contributed by atoms with Crippen LogP contribution in [0.2, 0.25) is 0 Å². The first kappa shape index (κ1) is 8.27. The van der Waals surface area contributed by atoms with Crippen LogP contribution in [-0.2, 0) is 0 Å². The van der Waals surface area contributed by atoms with Crippen LogP contribution in [0.3, 0.4) is 0 Å². The lowest BCUT2D eigenvalue weighted by Crippen LogP contribution is -2.21. The average Bonchev–Trinajstić information content (AvgIpc) is 2.50. The Morgan fingerprint density at radius 1 is 1.75 bits per heavy atom. The molecular formula is C7H8N4O. The molecule has 0 spiro atoms. The van der Waals surface area contributed by atoms with E-state index in [1.165, 1.54) is 11.0 Å². The van der Waals surface area contributed by atoms with Crippen LogP contribution in [0.1, 0.15) is 16.2 Å². The monoisotopic (exact) mass is 164 g/mol. The van der Waals surface area contributed by atoms with E-state index < -0.39 is 0 Å². The fraction of sp³-hybridized carbons (Fsp3) is 0.286. The maximum atomic E-state index is 11.2. The van der Waals surface area contributed by atoms with Crippen molar-refractivity contribution in [1.29, 1.82) is 5.26 Å². The maximum Gasteiger partial charge on any atom is 0.271 e. The van der Waals surface area contributed by atoms with Gasteiger partial charge in [-0.1, -0.05) is 0 Å². The standard InChI is InChI=1S/C7H8N4O/c1-11(2)7(12)6-3-5(4-8)9-10-6/h3H,1-2H3,(H,9,10). The summed E-state index contributed by atoms with van der Waals surface area (Å²) < 4.78 is 0. The third-order valence-corrected chi connectivity index (χ3v) is 1.33. The maximum absolute atomic E-state index is 11.2. The Hall–Kier alpha value is -1.83. The van der Waals surface area contributed by atoms with E-state index in [9.17, 15) is 4.79 Å². The average molecular weight is 164 g/mol. The van der Waals surface area contributed by atoms with Gasteiger partial charge in [0.2, 0.25) is 0 Å². The Kier molecular flexibility index (Phi) is 2.10. The number of aromatic amines is 1. The summed E-state index contributed by atoms with van der Waals surface area (Å²) in [5.74, 6) is -0.191. The third-order valence-electron chi connectivity index (χ3n) is 1.33. The number of amides is 1. The zero-order valence-electron chi connectivity index (χ0n) is 6.83. The molecule has 1 rings (SSSR count). The van der Waals surface area contributed by atoms with Crippen molar-refractivity contribution in [2.45, 2.75) is 0 Å². The number of aromatic nitrogens is 2. The minimum absolute atomic E-state index is 0.191. The van der Waals surface area contributed by atoms with Gasteiger partial charge in [0.25, 0.3) is 5.91 Å². The molecule has 1 aromatic heterocycles. The van der Waals surface area contributed by atoms with E-state index in [0.29, 0.717) is 5.69 Å². The predicted molar refractivity (Wildman–Crippen MR) is 41.3 cm³/mol. The van der Waals surface area contributed by atoms with Crippen molar-refractivity contribution in [3.05, 3.63) is 17.5 Å². The molecule has 0 radical (unpaired) electrons. The second kappa shape index (κ2) is 3.05. The zero-order chi connectivity index (χ0) is 9.14. The molecule has 0 fully saturated rings. The Morgan fingerprint density at radius 3 is 2.83 bits per heavy atom. The quantitative estimate of drug-likeness (QED) is 0.634. The van der Waals surface area contributed by atoms with Gasteiger partial charge in [0, 0.05) is 20.2 Å².